The highest BCUT2D eigenvalue weighted by molar-refractivity contribution is 5.85. The maximum atomic E-state index is 10.5. The molecule has 0 heterocycles. The summed E-state index contributed by atoms with van der Waals surface area (Å²) in [6.45, 7) is 2.48. The molecule has 0 aromatic heterocycles. The lowest BCUT2D eigenvalue weighted by molar-refractivity contribution is -0.131. The minimum Gasteiger partial charge on any atom is -0.493 e. The molecule has 4 heteroatoms. The number of ether oxygens (including phenoxy) is 2. The van der Waals surface area contributed by atoms with Gasteiger partial charge in [-0.05, 0) is 36.3 Å². The summed E-state index contributed by atoms with van der Waals surface area (Å²) in [5, 5.41) is 8.64. The van der Waals surface area contributed by atoms with E-state index >= 15 is 0 Å². The second kappa shape index (κ2) is 7.31. The van der Waals surface area contributed by atoms with E-state index in [0.717, 1.165) is 17.2 Å². The van der Waals surface area contributed by atoms with Crippen LogP contribution >= 0.6 is 0 Å². The Kier molecular flexibility index (Phi) is 5.20. The second-order valence-corrected chi connectivity index (χ2v) is 4.86. The van der Waals surface area contributed by atoms with Crippen molar-refractivity contribution >= 4 is 12.0 Å². The number of hydrogen-bond donors (Lipinski definition) is 1. The van der Waals surface area contributed by atoms with E-state index < -0.39 is 5.97 Å². The van der Waals surface area contributed by atoms with E-state index in [2.05, 4.69) is 0 Å². The summed E-state index contributed by atoms with van der Waals surface area (Å²) in [6, 6.07) is 13.4. The number of aliphatic carboxylic acids is 1. The van der Waals surface area contributed by atoms with Crippen molar-refractivity contribution in [2.24, 2.45) is 0 Å². The summed E-state index contributed by atoms with van der Waals surface area (Å²) in [5.41, 5.74) is 3.01. The normalized spacial score (nSPS) is 10.6. The largest absolute Gasteiger partial charge is 0.493 e. The maximum absolute atomic E-state index is 10.5. The Balaban J connectivity index is 2.10. The van der Waals surface area contributed by atoms with Gasteiger partial charge >= 0.3 is 5.97 Å². The highest BCUT2D eigenvalue weighted by Crippen LogP contribution is 2.29. The fourth-order valence-corrected chi connectivity index (χ4v) is 1.92. The van der Waals surface area contributed by atoms with Gasteiger partial charge < -0.3 is 14.6 Å². The summed E-state index contributed by atoms with van der Waals surface area (Å²) in [7, 11) is 1.55. The molecule has 0 aliphatic rings. The van der Waals surface area contributed by atoms with Crippen LogP contribution in [-0.2, 0) is 11.4 Å². The van der Waals surface area contributed by atoms with Crippen molar-refractivity contribution < 1.29 is 19.4 Å². The lowest BCUT2D eigenvalue weighted by atomic mass is 10.1. The molecule has 0 amide bonds. The average Bonchev–Trinajstić information content (AvgIpc) is 2.52. The van der Waals surface area contributed by atoms with Crippen molar-refractivity contribution in [2.75, 3.05) is 7.11 Å². The minimum atomic E-state index is -0.987. The van der Waals surface area contributed by atoms with Gasteiger partial charge in [0, 0.05) is 6.08 Å². The second-order valence-electron chi connectivity index (χ2n) is 4.86. The number of benzene rings is 2. The smallest absolute Gasteiger partial charge is 0.328 e. The molecule has 0 saturated heterocycles. The monoisotopic (exact) mass is 298 g/mol. The van der Waals surface area contributed by atoms with Gasteiger partial charge in [-0.2, -0.15) is 0 Å². The molecule has 2 rings (SSSR count). The van der Waals surface area contributed by atoms with Crippen molar-refractivity contribution in [1.82, 2.24) is 0 Å². The molecular formula is C18H18O4. The van der Waals surface area contributed by atoms with Crippen LogP contribution in [0.2, 0.25) is 0 Å². The number of hydrogen-bond acceptors (Lipinski definition) is 3. The molecule has 1 N–H and O–H groups in total. The van der Waals surface area contributed by atoms with E-state index in [4.69, 9.17) is 14.6 Å². The Bertz CT molecular complexity index is 672. The fraction of sp³-hybridized carbons (Fsp3) is 0.167. The Labute approximate surface area is 129 Å². The van der Waals surface area contributed by atoms with Crippen molar-refractivity contribution in [3.05, 3.63) is 65.2 Å². The summed E-state index contributed by atoms with van der Waals surface area (Å²) in [5.74, 6) is 0.203. The van der Waals surface area contributed by atoms with Gasteiger partial charge in [0.25, 0.3) is 0 Å². The maximum Gasteiger partial charge on any atom is 0.328 e. The van der Waals surface area contributed by atoms with Crippen molar-refractivity contribution in [1.29, 1.82) is 0 Å². The third-order valence-electron chi connectivity index (χ3n) is 3.12. The number of methoxy groups -OCH3 is 1. The van der Waals surface area contributed by atoms with Crippen LogP contribution in [0.4, 0.5) is 0 Å². The fourth-order valence-electron chi connectivity index (χ4n) is 1.92. The molecule has 0 fully saturated rings. The molecule has 0 aliphatic carbocycles. The zero-order valence-electron chi connectivity index (χ0n) is 12.6. The van der Waals surface area contributed by atoms with Crippen LogP contribution in [-0.4, -0.2) is 18.2 Å². The topological polar surface area (TPSA) is 55.8 Å². The number of aryl methyl sites for hydroxylation is 1. The molecule has 0 atom stereocenters. The molecule has 0 aliphatic heterocycles. The summed E-state index contributed by atoms with van der Waals surface area (Å²) in [6.07, 6.45) is 2.59. The summed E-state index contributed by atoms with van der Waals surface area (Å²) >= 11 is 0. The molecule has 0 spiro atoms. The van der Waals surface area contributed by atoms with Crippen LogP contribution in [0.3, 0.4) is 0 Å². The Morgan fingerprint density at radius 2 is 1.86 bits per heavy atom. The van der Waals surface area contributed by atoms with E-state index in [-0.39, 0.29) is 0 Å². The van der Waals surface area contributed by atoms with Gasteiger partial charge in [0.05, 0.1) is 7.11 Å². The van der Waals surface area contributed by atoms with E-state index in [1.165, 1.54) is 11.6 Å². The van der Waals surface area contributed by atoms with Gasteiger partial charge in [-0.15, -0.1) is 0 Å². The van der Waals surface area contributed by atoms with Gasteiger partial charge in [0.15, 0.2) is 11.5 Å². The van der Waals surface area contributed by atoms with Crippen LogP contribution in [0.1, 0.15) is 16.7 Å². The highest BCUT2D eigenvalue weighted by Gasteiger charge is 2.05. The molecule has 22 heavy (non-hydrogen) atoms. The first-order valence-corrected chi connectivity index (χ1v) is 6.86. The van der Waals surface area contributed by atoms with Crippen LogP contribution in [0.5, 0.6) is 11.5 Å². The highest BCUT2D eigenvalue weighted by atomic mass is 16.5. The first-order valence-electron chi connectivity index (χ1n) is 6.86. The Hall–Kier alpha value is -2.75. The van der Waals surface area contributed by atoms with Crippen molar-refractivity contribution in [3.8, 4) is 11.5 Å². The first-order chi connectivity index (χ1) is 10.6. The predicted octanol–water partition coefficient (Wildman–Crippen LogP) is 3.68. The van der Waals surface area contributed by atoms with Crippen LogP contribution in [0, 0.1) is 6.92 Å². The van der Waals surface area contributed by atoms with E-state index in [9.17, 15) is 4.79 Å². The molecule has 0 radical (unpaired) electrons. The summed E-state index contributed by atoms with van der Waals surface area (Å²) < 4.78 is 11.1. The number of carboxylic acid groups (broad SMARTS) is 1. The van der Waals surface area contributed by atoms with Gasteiger partial charge in [-0.3, -0.25) is 0 Å². The predicted molar refractivity (Wildman–Crippen MR) is 85.2 cm³/mol. The quantitative estimate of drug-likeness (QED) is 0.827. The van der Waals surface area contributed by atoms with Crippen molar-refractivity contribution in [2.45, 2.75) is 13.5 Å². The minimum absolute atomic E-state index is 0.445. The Morgan fingerprint density at radius 1 is 1.14 bits per heavy atom. The van der Waals surface area contributed by atoms with E-state index in [1.54, 1.807) is 25.3 Å². The molecule has 114 valence electrons. The molecule has 2 aromatic carbocycles. The molecule has 2 aromatic rings. The van der Waals surface area contributed by atoms with Gasteiger partial charge in [0.2, 0.25) is 0 Å². The third kappa shape index (κ3) is 4.38. The standard InChI is InChI=1S/C18H18O4/c1-13-3-5-15(6-4-13)12-22-16-9-7-14(8-10-18(19)20)11-17(16)21-2/h3-11H,12H2,1-2H3,(H,19,20)/b10-8+. The molecule has 0 saturated carbocycles. The average molecular weight is 298 g/mol. The van der Waals surface area contributed by atoms with Gasteiger partial charge in [0.1, 0.15) is 6.61 Å². The SMILES string of the molecule is COc1cc(/C=C/C(=O)O)ccc1OCc1ccc(C)cc1. The third-order valence-corrected chi connectivity index (χ3v) is 3.12. The van der Waals surface area contributed by atoms with Crippen LogP contribution in [0.15, 0.2) is 48.5 Å². The van der Waals surface area contributed by atoms with Crippen molar-refractivity contribution in [3.63, 3.8) is 0 Å². The molecular weight excluding hydrogens is 280 g/mol. The van der Waals surface area contributed by atoms with E-state index in [0.29, 0.717) is 18.1 Å². The zero-order valence-corrected chi connectivity index (χ0v) is 12.6. The van der Waals surface area contributed by atoms with Gasteiger partial charge in [-0.1, -0.05) is 35.9 Å². The zero-order chi connectivity index (χ0) is 15.9. The number of rotatable bonds is 6. The lowest BCUT2D eigenvalue weighted by Gasteiger charge is -2.11. The Morgan fingerprint density at radius 3 is 2.50 bits per heavy atom. The van der Waals surface area contributed by atoms with Crippen LogP contribution in [0.25, 0.3) is 6.08 Å². The van der Waals surface area contributed by atoms with Gasteiger partial charge in [-0.25, -0.2) is 4.79 Å². The first kappa shape index (κ1) is 15.6. The molecule has 4 nitrogen and oxygen atoms in total. The lowest BCUT2D eigenvalue weighted by Crippen LogP contribution is -1.98. The molecule has 0 unspecified atom stereocenters. The molecule has 0 bridgehead atoms. The number of carbonyl (C=O) groups is 1. The summed E-state index contributed by atoms with van der Waals surface area (Å²) in [4.78, 5) is 10.5. The number of carboxylic acids is 1. The van der Waals surface area contributed by atoms with E-state index in [1.807, 2.05) is 31.2 Å². The van der Waals surface area contributed by atoms with Crippen LogP contribution < -0.4 is 9.47 Å².